The lowest BCUT2D eigenvalue weighted by Crippen LogP contribution is -2.08. The number of rotatable bonds is 7. The maximum Gasteiger partial charge on any atom is 0.211 e. The van der Waals surface area contributed by atoms with Crippen LogP contribution in [0.2, 0.25) is 0 Å². The Bertz CT molecular complexity index is 743. The van der Waals surface area contributed by atoms with E-state index in [0.29, 0.717) is 17.8 Å². The van der Waals surface area contributed by atoms with Crippen LogP contribution in [0.5, 0.6) is 0 Å². The van der Waals surface area contributed by atoms with Crippen LogP contribution >= 0.6 is 0 Å². The zero-order valence-corrected chi connectivity index (χ0v) is 16.7. The number of hydrogen-bond acceptors (Lipinski definition) is 5. The SMILES string of the molecule is CC=O.CNCC/C=C(\C)C(=N)c1ccccc1N.O=CNc1ccccc1. The summed E-state index contributed by atoms with van der Waals surface area (Å²) in [5, 5.41) is 13.6. The molecule has 6 heteroatoms. The molecule has 2 aromatic carbocycles. The predicted molar refractivity (Wildman–Crippen MR) is 118 cm³/mol. The first kappa shape index (κ1) is 24.8. The smallest absolute Gasteiger partial charge is 0.211 e. The number of benzene rings is 2. The minimum Gasteiger partial charge on any atom is -0.398 e. The van der Waals surface area contributed by atoms with Gasteiger partial charge in [-0.15, -0.1) is 0 Å². The molecule has 0 saturated carbocycles. The molecule has 2 rings (SSSR count). The summed E-state index contributed by atoms with van der Waals surface area (Å²) in [6.07, 6.45) is 4.40. The van der Waals surface area contributed by atoms with Gasteiger partial charge in [0.2, 0.25) is 6.41 Å². The summed E-state index contributed by atoms with van der Waals surface area (Å²) in [4.78, 5) is 18.7. The lowest BCUT2D eigenvalue weighted by Gasteiger charge is -2.07. The number of nitrogens with one attached hydrogen (secondary N) is 3. The van der Waals surface area contributed by atoms with Crippen LogP contribution in [0.15, 0.2) is 66.2 Å². The Hall–Kier alpha value is -3.25. The lowest BCUT2D eigenvalue weighted by molar-refractivity contribution is -0.106. The molecule has 0 heterocycles. The van der Waals surface area contributed by atoms with Gasteiger partial charge >= 0.3 is 0 Å². The molecule has 2 aromatic rings. The number of carbonyl (C=O) groups is 2. The number of hydrogen-bond donors (Lipinski definition) is 4. The van der Waals surface area contributed by atoms with Crippen molar-refractivity contribution >= 4 is 29.8 Å². The Balaban J connectivity index is 0.000000509. The van der Waals surface area contributed by atoms with Gasteiger partial charge in [0.25, 0.3) is 0 Å². The molecule has 0 aliphatic heterocycles. The number of carbonyl (C=O) groups excluding carboxylic acids is 2. The number of amides is 1. The Labute approximate surface area is 167 Å². The van der Waals surface area contributed by atoms with E-state index in [9.17, 15) is 4.79 Å². The van der Waals surface area contributed by atoms with Crippen molar-refractivity contribution in [2.75, 3.05) is 24.6 Å². The molecule has 0 fully saturated rings. The molecule has 0 saturated heterocycles. The largest absolute Gasteiger partial charge is 0.398 e. The van der Waals surface area contributed by atoms with Crippen molar-refractivity contribution in [1.29, 1.82) is 5.41 Å². The maximum absolute atomic E-state index is 9.86. The minimum atomic E-state index is 0.509. The van der Waals surface area contributed by atoms with E-state index < -0.39 is 0 Å². The number of nitrogen functional groups attached to an aromatic ring is 1. The summed E-state index contributed by atoms with van der Waals surface area (Å²) in [5.41, 5.74) is 9.60. The van der Waals surface area contributed by atoms with E-state index in [1.54, 1.807) is 0 Å². The van der Waals surface area contributed by atoms with Gasteiger partial charge in [0, 0.05) is 16.9 Å². The molecule has 0 spiro atoms. The molecule has 6 nitrogen and oxygen atoms in total. The Morgan fingerprint density at radius 2 is 1.64 bits per heavy atom. The second kappa shape index (κ2) is 16.0. The first-order valence-corrected chi connectivity index (χ1v) is 8.91. The number of para-hydroxylation sites is 2. The van der Waals surface area contributed by atoms with Gasteiger partial charge in [-0.05, 0) is 57.6 Å². The molecule has 0 radical (unpaired) electrons. The predicted octanol–water partition coefficient (Wildman–Crippen LogP) is 3.65. The van der Waals surface area contributed by atoms with Crippen molar-refractivity contribution in [1.82, 2.24) is 5.32 Å². The molecule has 0 bridgehead atoms. The van der Waals surface area contributed by atoms with E-state index in [4.69, 9.17) is 15.9 Å². The molecule has 1 amide bonds. The summed E-state index contributed by atoms with van der Waals surface area (Å²) in [7, 11) is 1.92. The van der Waals surface area contributed by atoms with E-state index in [1.807, 2.05) is 68.6 Å². The van der Waals surface area contributed by atoms with Crippen molar-refractivity contribution in [2.45, 2.75) is 20.3 Å². The zero-order valence-electron chi connectivity index (χ0n) is 16.7. The fourth-order valence-corrected chi connectivity index (χ4v) is 2.07. The van der Waals surface area contributed by atoms with E-state index in [1.165, 1.54) is 6.92 Å². The zero-order chi connectivity index (χ0) is 21.2. The molecule has 0 aliphatic rings. The Morgan fingerprint density at radius 1 is 1.07 bits per heavy atom. The standard InChI is InChI=1S/C13H19N3.C7H7NO.C2H4O/c1-10(6-5-9-16-2)13(15)11-7-3-4-8-12(11)14;9-6-8-7-4-2-1-3-5-7;1-2-3/h3-4,6-8,15-16H,5,9,14H2,1-2H3;1-6H,(H,8,9);2H,1H3/b10-6+,15-13?;;. The molecule has 0 atom stereocenters. The van der Waals surface area contributed by atoms with E-state index in [-0.39, 0.29) is 0 Å². The molecular weight excluding hydrogens is 352 g/mol. The van der Waals surface area contributed by atoms with Gasteiger partial charge in [-0.1, -0.05) is 42.5 Å². The number of aldehydes is 1. The third-order valence-electron chi connectivity index (χ3n) is 3.47. The van der Waals surface area contributed by atoms with E-state index in [0.717, 1.165) is 36.1 Å². The second-order valence-electron chi connectivity index (χ2n) is 5.61. The van der Waals surface area contributed by atoms with Crippen LogP contribution in [0.3, 0.4) is 0 Å². The van der Waals surface area contributed by atoms with Crippen LogP contribution in [0.1, 0.15) is 25.8 Å². The van der Waals surface area contributed by atoms with Gasteiger partial charge in [0.1, 0.15) is 6.29 Å². The van der Waals surface area contributed by atoms with Crippen LogP contribution in [-0.4, -0.2) is 32.0 Å². The van der Waals surface area contributed by atoms with Gasteiger partial charge in [-0.3, -0.25) is 10.2 Å². The van der Waals surface area contributed by atoms with Crippen LogP contribution in [-0.2, 0) is 9.59 Å². The summed E-state index contributed by atoms with van der Waals surface area (Å²) in [6.45, 7) is 4.32. The second-order valence-corrected chi connectivity index (χ2v) is 5.61. The van der Waals surface area contributed by atoms with Crippen molar-refractivity contribution in [3.05, 3.63) is 71.8 Å². The highest BCUT2D eigenvalue weighted by atomic mass is 16.1. The fourth-order valence-electron chi connectivity index (χ4n) is 2.07. The van der Waals surface area contributed by atoms with Gasteiger partial charge in [0.05, 0.1) is 5.71 Å². The molecule has 5 N–H and O–H groups in total. The quantitative estimate of drug-likeness (QED) is 0.254. The molecule has 28 heavy (non-hydrogen) atoms. The van der Waals surface area contributed by atoms with Crippen LogP contribution in [0, 0.1) is 5.41 Å². The monoisotopic (exact) mass is 382 g/mol. The summed E-state index contributed by atoms with van der Waals surface area (Å²) >= 11 is 0. The van der Waals surface area contributed by atoms with Crippen molar-refractivity contribution in [3.63, 3.8) is 0 Å². The van der Waals surface area contributed by atoms with Gasteiger partial charge in [-0.2, -0.15) is 0 Å². The highest BCUT2D eigenvalue weighted by Gasteiger charge is 2.06. The molecule has 150 valence electrons. The third-order valence-corrected chi connectivity index (χ3v) is 3.47. The van der Waals surface area contributed by atoms with Crippen molar-refractivity contribution in [3.8, 4) is 0 Å². The Morgan fingerprint density at radius 3 is 2.18 bits per heavy atom. The van der Waals surface area contributed by atoms with E-state index in [2.05, 4.69) is 16.7 Å². The maximum atomic E-state index is 9.86. The summed E-state index contributed by atoms with van der Waals surface area (Å²) in [6, 6.07) is 16.8. The first-order valence-electron chi connectivity index (χ1n) is 8.91. The number of nitrogens with two attached hydrogens (primary N) is 1. The summed E-state index contributed by atoms with van der Waals surface area (Å²) < 4.78 is 0. The van der Waals surface area contributed by atoms with Gasteiger partial charge in [0.15, 0.2) is 0 Å². The lowest BCUT2D eigenvalue weighted by atomic mass is 10.0. The highest BCUT2D eigenvalue weighted by Crippen LogP contribution is 2.15. The topological polar surface area (TPSA) is 108 Å². The van der Waals surface area contributed by atoms with Crippen LogP contribution < -0.4 is 16.4 Å². The normalized spacial score (nSPS) is 9.75. The molecule has 0 unspecified atom stereocenters. The fraction of sp³-hybridized carbons (Fsp3) is 0.227. The van der Waals surface area contributed by atoms with Gasteiger partial charge in [-0.25, -0.2) is 0 Å². The number of anilines is 2. The average Bonchev–Trinajstić information content (AvgIpc) is 2.70. The minimum absolute atomic E-state index is 0.509. The van der Waals surface area contributed by atoms with E-state index >= 15 is 0 Å². The van der Waals surface area contributed by atoms with Gasteiger partial charge < -0.3 is 21.2 Å². The first-order chi connectivity index (χ1) is 13.5. The van der Waals surface area contributed by atoms with Crippen molar-refractivity contribution in [2.24, 2.45) is 0 Å². The van der Waals surface area contributed by atoms with Crippen molar-refractivity contribution < 1.29 is 9.59 Å². The highest BCUT2D eigenvalue weighted by molar-refractivity contribution is 6.13. The molecule has 0 aromatic heterocycles. The Kier molecular flexibility index (Phi) is 14.1. The summed E-state index contributed by atoms with van der Waals surface area (Å²) in [5.74, 6) is 0. The molecule has 0 aliphatic carbocycles. The van der Waals surface area contributed by atoms with Crippen LogP contribution in [0.25, 0.3) is 0 Å². The molecular formula is C22H30N4O2. The number of allylic oxidation sites excluding steroid dienone is 1. The van der Waals surface area contributed by atoms with Crippen LogP contribution in [0.4, 0.5) is 11.4 Å². The average molecular weight is 383 g/mol. The third kappa shape index (κ3) is 10.7.